The molecule has 1 aliphatic heterocycles. The maximum absolute atomic E-state index is 10.1. The van der Waals surface area contributed by atoms with Gasteiger partial charge in [0, 0.05) is 12.6 Å². The Morgan fingerprint density at radius 3 is 2.71 bits per heavy atom. The van der Waals surface area contributed by atoms with Gasteiger partial charge in [-0.2, -0.15) is 0 Å². The molecule has 126 valence electrons. The fourth-order valence-electron chi connectivity index (χ4n) is 4.80. The molecule has 2 aromatic carbocycles. The van der Waals surface area contributed by atoms with Crippen LogP contribution in [-0.4, -0.2) is 22.6 Å². The fraction of sp³-hybridized carbons (Fsp3) is 0.429. The predicted molar refractivity (Wildman–Crippen MR) is 98.6 cm³/mol. The number of nitrogens with zero attached hydrogens (tertiary/aromatic N) is 1. The standard InChI is InChI=1S/C21H24ClNO/c1-14-17-12-16-8-9-18(24)20(22)19(16)21(14,2)10-11-23(17)13-15-6-4-3-5-7-15/h3-9,14,17,24H,10-13H2,1-2H3/t14-,17+,21+/m1/s1. The topological polar surface area (TPSA) is 23.5 Å². The lowest BCUT2D eigenvalue weighted by Crippen LogP contribution is -2.57. The zero-order valence-electron chi connectivity index (χ0n) is 14.3. The number of piperidine rings is 1. The Hall–Kier alpha value is -1.51. The van der Waals surface area contributed by atoms with Crippen molar-refractivity contribution in [3.05, 3.63) is 64.2 Å². The van der Waals surface area contributed by atoms with E-state index in [4.69, 9.17) is 11.6 Å². The number of aromatic hydroxyl groups is 1. The molecule has 4 rings (SSSR count). The van der Waals surface area contributed by atoms with Gasteiger partial charge in [0.1, 0.15) is 5.75 Å². The molecule has 1 N–H and O–H groups in total. The highest BCUT2D eigenvalue weighted by molar-refractivity contribution is 6.33. The third-order valence-corrected chi connectivity index (χ3v) is 6.79. The van der Waals surface area contributed by atoms with E-state index in [1.54, 1.807) is 6.07 Å². The molecule has 24 heavy (non-hydrogen) atoms. The summed E-state index contributed by atoms with van der Waals surface area (Å²) in [5, 5.41) is 10.6. The van der Waals surface area contributed by atoms with Crippen molar-refractivity contribution < 1.29 is 5.11 Å². The van der Waals surface area contributed by atoms with Crippen LogP contribution in [0.5, 0.6) is 5.75 Å². The van der Waals surface area contributed by atoms with Gasteiger partial charge >= 0.3 is 0 Å². The van der Waals surface area contributed by atoms with Gasteiger partial charge in [-0.15, -0.1) is 0 Å². The van der Waals surface area contributed by atoms with Crippen LogP contribution in [-0.2, 0) is 18.4 Å². The van der Waals surface area contributed by atoms with Gasteiger partial charge in [-0.05, 0) is 53.5 Å². The SMILES string of the molecule is C[C@@H]1[C@@H]2Cc3ccc(O)c(Cl)c3[C@@]1(C)CCN2Cc1ccccc1. The van der Waals surface area contributed by atoms with Gasteiger partial charge in [0.25, 0.3) is 0 Å². The van der Waals surface area contributed by atoms with Crippen molar-refractivity contribution >= 4 is 11.6 Å². The van der Waals surface area contributed by atoms with Crippen molar-refractivity contribution in [2.75, 3.05) is 6.54 Å². The second-order valence-corrected chi connectivity index (χ2v) is 7.99. The zero-order valence-corrected chi connectivity index (χ0v) is 15.1. The van der Waals surface area contributed by atoms with Gasteiger partial charge < -0.3 is 5.11 Å². The van der Waals surface area contributed by atoms with Crippen LogP contribution in [0.2, 0.25) is 5.02 Å². The Labute approximate surface area is 149 Å². The first-order chi connectivity index (χ1) is 11.5. The molecular weight excluding hydrogens is 318 g/mol. The number of phenols is 1. The Morgan fingerprint density at radius 2 is 1.96 bits per heavy atom. The van der Waals surface area contributed by atoms with Gasteiger partial charge in [-0.3, -0.25) is 4.90 Å². The van der Waals surface area contributed by atoms with Crippen LogP contribution in [0.15, 0.2) is 42.5 Å². The molecule has 1 aliphatic carbocycles. The van der Waals surface area contributed by atoms with Gasteiger partial charge in [-0.25, -0.2) is 0 Å². The summed E-state index contributed by atoms with van der Waals surface area (Å²) < 4.78 is 0. The van der Waals surface area contributed by atoms with Crippen molar-refractivity contribution in [1.29, 1.82) is 0 Å². The fourth-order valence-corrected chi connectivity index (χ4v) is 5.20. The van der Waals surface area contributed by atoms with E-state index in [9.17, 15) is 5.11 Å². The Kier molecular flexibility index (Phi) is 3.85. The number of rotatable bonds is 2. The maximum Gasteiger partial charge on any atom is 0.134 e. The van der Waals surface area contributed by atoms with Crippen LogP contribution in [0.25, 0.3) is 0 Å². The van der Waals surface area contributed by atoms with Crippen LogP contribution in [0, 0.1) is 5.92 Å². The number of hydrogen-bond acceptors (Lipinski definition) is 2. The predicted octanol–water partition coefficient (Wildman–Crippen LogP) is 4.77. The molecule has 2 nitrogen and oxygen atoms in total. The van der Waals surface area contributed by atoms with Crippen molar-refractivity contribution in [3.8, 4) is 5.75 Å². The Balaban J connectivity index is 1.71. The molecule has 3 atom stereocenters. The minimum atomic E-state index is 0.0429. The summed E-state index contributed by atoms with van der Waals surface area (Å²) in [4.78, 5) is 2.63. The molecule has 2 bridgehead atoms. The van der Waals surface area contributed by atoms with Crippen LogP contribution in [0.1, 0.15) is 37.0 Å². The molecule has 1 fully saturated rings. The molecule has 1 saturated heterocycles. The van der Waals surface area contributed by atoms with Crippen LogP contribution in [0.3, 0.4) is 0 Å². The van der Waals surface area contributed by atoms with Crippen LogP contribution < -0.4 is 0 Å². The third kappa shape index (κ3) is 2.35. The molecule has 0 radical (unpaired) electrons. The summed E-state index contributed by atoms with van der Waals surface area (Å²) >= 11 is 6.51. The molecule has 0 spiro atoms. The largest absolute Gasteiger partial charge is 0.506 e. The van der Waals surface area contributed by atoms with E-state index >= 15 is 0 Å². The van der Waals surface area contributed by atoms with E-state index in [0.29, 0.717) is 17.0 Å². The lowest BCUT2D eigenvalue weighted by Gasteiger charge is -2.55. The van der Waals surface area contributed by atoms with E-state index in [-0.39, 0.29) is 11.2 Å². The molecule has 2 aliphatic rings. The molecule has 0 aromatic heterocycles. The van der Waals surface area contributed by atoms with E-state index in [1.807, 2.05) is 0 Å². The summed E-state index contributed by atoms with van der Waals surface area (Å²) in [7, 11) is 0. The third-order valence-electron chi connectivity index (χ3n) is 6.41. The molecule has 0 unspecified atom stereocenters. The lowest BCUT2D eigenvalue weighted by atomic mass is 9.59. The summed E-state index contributed by atoms with van der Waals surface area (Å²) in [6.45, 7) is 6.76. The minimum absolute atomic E-state index is 0.0429. The van der Waals surface area contributed by atoms with Crippen molar-refractivity contribution in [2.24, 2.45) is 5.92 Å². The lowest BCUT2D eigenvalue weighted by molar-refractivity contribution is 0.0258. The van der Waals surface area contributed by atoms with Gasteiger partial charge in [-0.1, -0.05) is 61.8 Å². The number of fused-ring (bicyclic) bond motifs is 4. The number of benzene rings is 2. The smallest absolute Gasteiger partial charge is 0.134 e. The Morgan fingerprint density at radius 1 is 1.21 bits per heavy atom. The molecule has 1 heterocycles. The van der Waals surface area contributed by atoms with Crippen molar-refractivity contribution in [2.45, 2.75) is 44.7 Å². The average molecular weight is 342 g/mol. The molecular formula is C21H24ClNO. The van der Waals surface area contributed by atoms with Gasteiger partial charge in [0.05, 0.1) is 5.02 Å². The number of halogens is 1. The zero-order chi connectivity index (χ0) is 16.9. The van der Waals surface area contributed by atoms with E-state index in [2.05, 4.69) is 55.1 Å². The highest BCUT2D eigenvalue weighted by atomic mass is 35.5. The first-order valence-electron chi connectivity index (χ1n) is 8.79. The van der Waals surface area contributed by atoms with Crippen LogP contribution >= 0.6 is 11.6 Å². The summed E-state index contributed by atoms with van der Waals surface area (Å²) in [5.41, 5.74) is 3.91. The van der Waals surface area contributed by atoms with E-state index in [1.165, 1.54) is 16.7 Å². The first kappa shape index (κ1) is 16.0. The second kappa shape index (κ2) is 5.79. The number of hydrogen-bond donors (Lipinski definition) is 1. The van der Waals surface area contributed by atoms with Crippen LogP contribution in [0.4, 0.5) is 0 Å². The van der Waals surface area contributed by atoms with Gasteiger partial charge in [0.2, 0.25) is 0 Å². The molecule has 2 aromatic rings. The van der Waals surface area contributed by atoms with Crippen molar-refractivity contribution in [1.82, 2.24) is 4.90 Å². The quantitative estimate of drug-likeness (QED) is 0.850. The molecule has 0 amide bonds. The monoisotopic (exact) mass is 341 g/mol. The van der Waals surface area contributed by atoms with Crippen molar-refractivity contribution in [3.63, 3.8) is 0 Å². The second-order valence-electron chi connectivity index (χ2n) is 7.62. The van der Waals surface area contributed by atoms with E-state index in [0.717, 1.165) is 25.9 Å². The molecule has 3 heteroatoms. The number of phenolic OH excluding ortho intramolecular Hbond substituents is 1. The summed E-state index contributed by atoms with van der Waals surface area (Å²) in [6.07, 6.45) is 2.09. The molecule has 0 saturated carbocycles. The summed E-state index contributed by atoms with van der Waals surface area (Å²) in [6, 6.07) is 15.1. The van der Waals surface area contributed by atoms with Gasteiger partial charge in [0.15, 0.2) is 0 Å². The summed E-state index contributed by atoms with van der Waals surface area (Å²) in [5.74, 6) is 0.732. The minimum Gasteiger partial charge on any atom is -0.506 e. The average Bonchev–Trinajstić information content (AvgIpc) is 2.57. The number of likely N-dealkylation sites (tertiary alicyclic amines) is 1. The first-order valence-corrected chi connectivity index (χ1v) is 9.17. The normalized spacial score (nSPS) is 29.3. The Bertz CT molecular complexity index is 760. The maximum atomic E-state index is 10.1. The van der Waals surface area contributed by atoms with E-state index < -0.39 is 0 Å². The highest BCUT2D eigenvalue weighted by Gasteiger charge is 2.49. The highest BCUT2D eigenvalue weighted by Crippen LogP contribution is 2.52.